The number of carbonyl (C=O) groups is 2. The molecule has 164 valence electrons. The van der Waals surface area contributed by atoms with Crippen molar-refractivity contribution in [2.24, 2.45) is 5.73 Å². The highest BCUT2D eigenvalue weighted by Gasteiger charge is 2.43. The number of ether oxygens (including phenoxy) is 1. The van der Waals surface area contributed by atoms with Crippen LogP contribution in [0, 0.1) is 0 Å². The summed E-state index contributed by atoms with van der Waals surface area (Å²) in [5.74, 6) is -0.504. The molecule has 1 atom stereocenters. The average Bonchev–Trinajstić information content (AvgIpc) is 2.80. The minimum atomic E-state index is -0.862. The Labute approximate surface area is 182 Å². The number of hydrogen-bond acceptors (Lipinski definition) is 6. The molecule has 3 N–H and O–H groups in total. The molecular weight excluding hydrogens is 394 g/mol. The summed E-state index contributed by atoms with van der Waals surface area (Å²) in [6.07, 6.45) is 3.09. The first-order chi connectivity index (χ1) is 15.1. The van der Waals surface area contributed by atoms with E-state index in [4.69, 9.17) is 10.5 Å². The molecule has 0 bridgehead atoms. The number of piperidine rings is 1. The Morgan fingerprint density at radius 2 is 1.87 bits per heavy atom. The lowest BCUT2D eigenvalue weighted by Gasteiger charge is -2.40. The van der Waals surface area contributed by atoms with Gasteiger partial charge in [-0.25, -0.2) is 0 Å². The number of benzene rings is 1. The van der Waals surface area contributed by atoms with E-state index in [-0.39, 0.29) is 12.5 Å². The summed E-state index contributed by atoms with van der Waals surface area (Å²) in [7, 11) is 0. The van der Waals surface area contributed by atoms with Gasteiger partial charge in [-0.3, -0.25) is 19.5 Å². The van der Waals surface area contributed by atoms with Crippen molar-refractivity contribution in [3.8, 4) is 0 Å². The van der Waals surface area contributed by atoms with Crippen LogP contribution in [-0.4, -0.2) is 67.6 Å². The first kappa shape index (κ1) is 21.3. The molecule has 1 aromatic carbocycles. The first-order valence-corrected chi connectivity index (χ1v) is 10.7. The molecule has 2 aliphatic rings. The zero-order valence-electron chi connectivity index (χ0n) is 17.6. The van der Waals surface area contributed by atoms with Crippen molar-refractivity contribution in [3.63, 3.8) is 0 Å². The molecule has 0 spiro atoms. The van der Waals surface area contributed by atoms with Gasteiger partial charge in [0.05, 0.1) is 25.5 Å². The van der Waals surface area contributed by atoms with Crippen LogP contribution in [0.4, 0.5) is 11.4 Å². The molecule has 4 rings (SSSR count). The summed E-state index contributed by atoms with van der Waals surface area (Å²) in [4.78, 5) is 33.7. The molecule has 0 saturated carbocycles. The van der Waals surface area contributed by atoms with E-state index in [2.05, 4.69) is 15.2 Å². The smallest absolute Gasteiger partial charge is 0.238 e. The van der Waals surface area contributed by atoms with Gasteiger partial charge in [-0.2, -0.15) is 0 Å². The lowest BCUT2D eigenvalue weighted by molar-refractivity contribution is -0.127. The number of hydrogen-bond donors (Lipinski definition) is 2. The number of nitrogens with two attached hydrogens (primary N) is 1. The topological polar surface area (TPSA) is 101 Å². The van der Waals surface area contributed by atoms with Crippen molar-refractivity contribution in [3.05, 3.63) is 54.4 Å². The molecule has 0 radical (unpaired) electrons. The van der Waals surface area contributed by atoms with Crippen molar-refractivity contribution in [2.45, 2.75) is 18.3 Å². The standard InChI is InChI=1S/C23H29N5O3/c24-22(30)23(20-4-1-2-10-25-20)9-3-11-27(17-23)16-21(29)26-18-5-7-19(8-6-18)28-12-14-31-15-13-28/h1-2,4-8,10H,3,9,11-17H2,(H2,24,30)(H,26,29). The van der Waals surface area contributed by atoms with Crippen LogP contribution < -0.4 is 16.0 Å². The molecular formula is C23H29N5O3. The van der Waals surface area contributed by atoms with Crippen LogP contribution in [0.2, 0.25) is 0 Å². The summed E-state index contributed by atoms with van der Waals surface area (Å²) in [5.41, 5.74) is 7.50. The van der Waals surface area contributed by atoms with Crippen LogP contribution in [-0.2, 0) is 19.7 Å². The quantitative estimate of drug-likeness (QED) is 0.728. The Bertz CT molecular complexity index is 899. The van der Waals surface area contributed by atoms with Crippen LogP contribution >= 0.6 is 0 Å². The van der Waals surface area contributed by atoms with Gasteiger partial charge in [-0.15, -0.1) is 0 Å². The van der Waals surface area contributed by atoms with E-state index in [1.165, 1.54) is 0 Å². The van der Waals surface area contributed by atoms with E-state index >= 15 is 0 Å². The van der Waals surface area contributed by atoms with Gasteiger partial charge in [-0.05, 0) is 55.8 Å². The maximum atomic E-state index is 12.7. The highest BCUT2D eigenvalue weighted by atomic mass is 16.5. The van der Waals surface area contributed by atoms with Gasteiger partial charge < -0.3 is 20.7 Å². The molecule has 31 heavy (non-hydrogen) atoms. The average molecular weight is 424 g/mol. The van der Waals surface area contributed by atoms with E-state index in [0.29, 0.717) is 18.7 Å². The van der Waals surface area contributed by atoms with E-state index in [9.17, 15) is 9.59 Å². The Morgan fingerprint density at radius 3 is 2.55 bits per heavy atom. The second-order valence-corrected chi connectivity index (χ2v) is 8.17. The van der Waals surface area contributed by atoms with Crippen LogP contribution in [0.5, 0.6) is 0 Å². The largest absolute Gasteiger partial charge is 0.378 e. The monoisotopic (exact) mass is 423 g/mol. The number of rotatable bonds is 6. The number of nitrogens with zero attached hydrogens (tertiary/aromatic N) is 3. The molecule has 2 fully saturated rings. The van der Waals surface area contributed by atoms with Crippen molar-refractivity contribution in [1.82, 2.24) is 9.88 Å². The number of likely N-dealkylation sites (tertiary alicyclic amines) is 1. The van der Waals surface area contributed by atoms with Crippen molar-refractivity contribution in [2.75, 3.05) is 56.2 Å². The van der Waals surface area contributed by atoms with Gasteiger partial charge in [-0.1, -0.05) is 6.07 Å². The third-order valence-corrected chi connectivity index (χ3v) is 6.09. The second kappa shape index (κ2) is 9.45. The lowest BCUT2D eigenvalue weighted by atomic mass is 9.76. The maximum Gasteiger partial charge on any atom is 0.238 e. The molecule has 2 amide bonds. The molecule has 2 aromatic rings. The number of morpholine rings is 1. The summed E-state index contributed by atoms with van der Waals surface area (Å²) in [6.45, 7) is 4.55. The van der Waals surface area contributed by atoms with Crippen LogP contribution in [0.3, 0.4) is 0 Å². The minimum Gasteiger partial charge on any atom is -0.378 e. The van der Waals surface area contributed by atoms with Crippen LogP contribution in [0.1, 0.15) is 18.5 Å². The van der Waals surface area contributed by atoms with Crippen molar-refractivity contribution < 1.29 is 14.3 Å². The van der Waals surface area contributed by atoms with E-state index < -0.39 is 11.3 Å². The number of aromatic nitrogens is 1. The summed E-state index contributed by atoms with van der Waals surface area (Å²) >= 11 is 0. The normalized spacial score (nSPS) is 22.1. The van der Waals surface area contributed by atoms with Crippen molar-refractivity contribution >= 4 is 23.2 Å². The highest BCUT2D eigenvalue weighted by Crippen LogP contribution is 2.32. The summed E-state index contributed by atoms with van der Waals surface area (Å²) in [5, 5.41) is 2.96. The van der Waals surface area contributed by atoms with Gasteiger partial charge in [0.15, 0.2) is 0 Å². The zero-order valence-corrected chi connectivity index (χ0v) is 17.6. The Balaban J connectivity index is 1.37. The Morgan fingerprint density at radius 1 is 1.10 bits per heavy atom. The number of amides is 2. The van der Waals surface area contributed by atoms with E-state index in [1.54, 1.807) is 6.20 Å². The Hall–Kier alpha value is -2.97. The number of carbonyl (C=O) groups excluding carboxylic acids is 2. The fraction of sp³-hybridized carbons (Fsp3) is 0.435. The van der Waals surface area contributed by atoms with Gasteiger partial charge in [0.1, 0.15) is 5.41 Å². The molecule has 8 heteroatoms. The van der Waals surface area contributed by atoms with E-state index in [0.717, 1.165) is 50.6 Å². The third kappa shape index (κ3) is 4.86. The fourth-order valence-corrected chi connectivity index (χ4v) is 4.44. The number of nitrogens with one attached hydrogen (secondary N) is 1. The summed E-state index contributed by atoms with van der Waals surface area (Å²) in [6, 6.07) is 13.4. The molecule has 3 heterocycles. The minimum absolute atomic E-state index is 0.111. The predicted molar refractivity (Wildman–Crippen MR) is 119 cm³/mol. The van der Waals surface area contributed by atoms with Gasteiger partial charge >= 0.3 is 0 Å². The fourth-order valence-electron chi connectivity index (χ4n) is 4.44. The lowest BCUT2D eigenvalue weighted by Crippen LogP contribution is -2.55. The molecule has 1 unspecified atom stereocenters. The number of anilines is 2. The van der Waals surface area contributed by atoms with Crippen molar-refractivity contribution in [1.29, 1.82) is 0 Å². The maximum absolute atomic E-state index is 12.7. The Kier molecular flexibility index (Phi) is 6.48. The van der Waals surface area contributed by atoms with Gasteiger partial charge in [0, 0.05) is 37.2 Å². The third-order valence-electron chi connectivity index (χ3n) is 6.09. The van der Waals surface area contributed by atoms with E-state index in [1.807, 2.05) is 47.4 Å². The van der Waals surface area contributed by atoms with Crippen LogP contribution in [0.15, 0.2) is 48.7 Å². The zero-order chi connectivity index (χ0) is 21.7. The SMILES string of the molecule is NC(=O)C1(c2ccccn2)CCCN(CC(=O)Nc2ccc(N3CCOCC3)cc2)C1. The van der Waals surface area contributed by atoms with Crippen LogP contribution in [0.25, 0.3) is 0 Å². The number of pyridine rings is 1. The molecule has 2 saturated heterocycles. The highest BCUT2D eigenvalue weighted by molar-refractivity contribution is 5.92. The number of primary amides is 1. The van der Waals surface area contributed by atoms with Gasteiger partial charge in [0.25, 0.3) is 0 Å². The first-order valence-electron chi connectivity index (χ1n) is 10.7. The molecule has 2 aliphatic heterocycles. The van der Waals surface area contributed by atoms with Gasteiger partial charge in [0.2, 0.25) is 11.8 Å². The molecule has 1 aromatic heterocycles. The predicted octanol–water partition coefficient (Wildman–Crippen LogP) is 1.38. The molecule has 0 aliphatic carbocycles. The molecule has 8 nitrogen and oxygen atoms in total. The second-order valence-electron chi connectivity index (χ2n) is 8.17. The summed E-state index contributed by atoms with van der Waals surface area (Å²) < 4.78 is 5.39.